The Kier molecular flexibility index (Phi) is 2.45. The van der Waals surface area contributed by atoms with Crippen molar-refractivity contribution in [2.24, 2.45) is 0 Å². The topological polar surface area (TPSA) is 45.2 Å². The van der Waals surface area contributed by atoms with Crippen LogP contribution in [0.2, 0.25) is 0 Å². The molecule has 3 heteroatoms. The largest absolute Gasteiger partial charge is 0.392 e. The Morgan fingerprint density at radius 1 is 1.54 bits per heavy atom. The van der Waals surface area contributed by atoms with Gasteiger partial charge in [-0.25, -0.2) is 4.98 Å². The summed E-state index contributed by atoms with van der Waals surface area (Å²) in [5.74, 6) is 0.885. The van der Waals surface area contributed by atoms with Crippen molar-refractivity contribution in [3.8, 4) is 0 Å². The molecule has 1 aliphatic carbocycles. The predicted octanol–water partition coefficient (Wildman–Crippen LogP) is 1.54. The van der Waals surface area contributed by atoms with Gasteiger partial charge in [0.25, 0.3) is 0 Å². The molecule has 0 unspecified atom stereocenters. The van der Waals surface area contributed by atoms with Gasteiger partial charge in [-0.05, 0) is 37.0 Å². The molecule has 2 rings (SSSR count). The molecule has 1 aliphatic rings. The lowest BCUT2D eigenvalue weighted by atomic mass is 9.93. The molecule has 0 saturated heterocycles. The highest BCUT2D eigenvalue weighted by Gasteiger charge is 2.16. The summed E-state index contributed by atoms with van der Waals surface area (Å²) >= 11 is 0. The van der Waals surface area contributed by atoms with E-state index in [2.05, 4.69) is 10.3 Å². The number of anilines is 1. The fourth-order valence-electron chi connectivity index (χ4n) is 1.41. The first-order valence-electron chi connectivity index (χ1n) is 4.71. The monoisotopic (exact) mass is 178 g/mol. The standard InChI is InChI=1S/C10H14N2O/c13-7-8-4-5-11-10(6-8)12-9-2-1-3-9/h4-6,9,13H,1-3,7H2,(H,11,12). The maximum atomic E-state index is 8.91. The quantitative estimate of drug-likeness (QED) is 0.738. The van der Waals surface area contributed by atoms with Crippen LogP contribution in [0.3, 0.4) is 0 Å². The van der Waals surface area contributed by atoms with Crippen molar-refractivity contribution in [3.63, 3.8) is 0 Å². The van der Waals surface area contributed by atoms with E-state index in [4.69, 9.17) is 5.11 Å². The van der Waals surface area contributed by atoms with E-state index in [1.54, 1.807) is 6.20 Å². The Morgan fingerprint density at radius 3 is 3.00 bits per heavy atom. The van der Waals surface area contributed by atoms with Gasteiger partial charge in [-0.2, -0.15) is 0 Å². The van der Waals surface area contributed by atoms with Crippen molar-refractivity contribution >= 4 is 5.82 Å². The van der Waals surface area contributed by atoms with E-state index in [9.17, 15) is 0 Å². The zero-order valence-electron chi connectivity index (χ0n) is 7.53. The number of aliphatic hydroxyl groups is 1. The lowest BCUT2D eigenvalue weighted by molar-refractivity contribution is 0.281. The van der Waals surface area contributed by atoms with E-state index in [1.807, 2.05) is 12.1 Å². The third kappa shape index (κ3) is 1.98. The molecule has 0 bridgehead atoms. The van der Waals surface area contributed by atoms with Gasteiger partial charge in [0, 0.05) is 12.2 Å². The average molecular weight is 178 g/mol. The molecule has 0 spiro atoms. The zero-order valence-corrected chi connectivity index (χ0v) is 7.53. The first kappa shape index (κ1) is 8.51. The average Bonchev–Trinajstić information content (AvgIpc) is 2.12. The molecule has 1 aromatic rings. The smallest absolute Gasteiger partial charge is 0.126 e. The Bertz CT molecular complexity index is 284. The molecule has 3 nitrogen and oxygen atoms in total. The minimum atomic E-state index is 0.0852. The molecule has 13 heavy (non-hydrogen) atoms. The zero-order chi connectivity index (χ0) is 9.10. The lowest BCUT2D eigenvalue weighted by Gasteiger charge is -2.26. The first-order chi connectivity index (χ1) is 6.38. The summed E-state index contributed by atoms with van der Waals surface area (Å²) in [6.45, 7) is 0.0852. The molecular weight excluding hydrogens is 164 g/mol. The Labute approximate surface area is 77.8 Å². The summed E-state index contributed by atoms with van der Waals surface area (Å²) in [5.41, 5.74) is 0.914. The van der Waals surface area contributed by atoms with Crippen LogP contribution in [-0.2, 0) is 6.61 Å². The molecule has 0 amide bonds. The van der Waals surface area contributed by atoms with Gasteiger partial charge in [0.15, 0.2) is 0 Å². The van der Waals surface area contributed by atoms with Crippen molar-refractivity contribution in [1.82, 2.24) is 4.98 Å². The molecule has 1 aromatic heterocycles. The van der Waals surface area contributed by atoms with E-state index in [-0.39, 0.29) is 6.61 Å². The molecule has 0 aliphatic heterocycles. The van der Waals surface area contributed by atoms with E-state index >= 15 is 0 Å². The van der Waals surface area contributed by atoms with Gasteiger partial charge in [-0.3, -0.25) is 0 Å². The highest BCUT2D eigenvalue weighted by molar-refractivity contribution is 5.38. The van der Waals surface area contributed by atoms with Crippen molar-refractivity contribution < 1.29 is 5.11 Å². The van der Waals surface area contributed by atoms with E-state index in [0.717, 1.165) is 11.4 Å². The van der Waals surface area contributed by atoms with Gasteiger partial charge in [0.1, 0.15) is 5.82 Å². The van der Waals surface area contributed by atoms with Crippen LogP contribution < -0.4 is 5.32 Å². The predicted molar refractivity (Wildman–Crippen MR) is 51.4 cm³/mol. The number of nitrogens with zero attached hydrogens (tertiary/aromatic N) is 1. The van der Waals surface area contributed by atoms with Gasteiger partial charge in [-0.1, -0.05) is 0 Å². The minimum Gasteiger partial charge on any atom is -0.392 e. The van der Waals surface area contributed by atoms with Crippen LogP contribution in [0.1, 0.15) is 24.8 Å². The van der Waals surface area contributed by atoms with Gasteiger partial charge >= 0.3 is 0 Å². The molecule has 70 valence electrons. The minimum absolute atomic E-state index is 0.0852. The Balaban J connectivity index is 2.01. The van der Waals surface area contributed by atoms with Crippen LogP contribution in [-0.4, -0.2) is 16.1 Å². The second-order valence-electron chi connectivity index (χ2n) is 3.48. The van der Waals surface area contributed by atoms with Crippen molar-refractivity contribution in [1.29, 1.82) is 0 Å². The fraction of sp³-hybridized carbons (Fsp3) is 0.500. The molecule has 0 aromatic carbocycles. The van der Waals surface area contributed by atoms with Crippen LogP contribution in [0.4, 0.5) is 5.82 Å². The van der Waals surface area contributed by atoms with E-state index < -0.39 is 0 Å². The molecule has 1 heterocycles. The Morgan fingerprint density at radius 2 is 2.38 bits per heavy atom. The van der Waals surface area contributed by atoms with Gasteiger partial charge in [0.2, 0.25) is 0 Å². The molecule has 1 saturated carbocycles. The van der Waals surface area contributed by atoms with Crippen LogP contribution in [0, 0.1) is 0 Å². The SMILES string of the molecule is OCc1ccnc(NC2CCC2)c1. The number of hydrogen-bond acceptors (Lipinski definition) is 3. The fourth-order valence-corrected chi connectivity index (χ4v) is 1.41. The number of hydrogen-bond donors (Lipinski definition) is 2. The van der Waals surface area contributed by atoms with Crippen LogP contribution in [0.25, 0.3) is 0 Å². The second kappa shape index (κ2) is 3.75. The third-order valence-electron chi connectivity index (χ3n) is 2.46. The van der Waals surface area contributed by atoms with Crippen molar-refractivity contribution in [3.05, 3.63) is 23.9 Å². The highest BCUT2D eigenvalue weighted by Crippen LogP contribution is 2.22. The summed E-state index contributed by atoms with van der Waals surface area (Å²) in [5, 5.41) is 12.2. The molecule has 0 atom stereocenters. The lowest BCUT2D eigenvalue weighted by Crippen LogP contribution is -2.27. The number of rotatable bonds is 3. The summed E-state index contributed by atoms with van der Waals surface area (Å²) < 4.78 is 0. The molecular formula is C10H14N2O. The van der Waals surface area contributed by atoms with Gasteiger partial charge in [0.05, 0.1) is 6.61 Å². The molecule has 0 radical (unpaired) electrons. The maximum absolute atomic E-state index is 8.91. The number of nitrogens with one attached hydrogen (secondary N) is 1. The van der Waals surface area contributed by atoms with Gasteiger partial charge < -0.3 is 10.4 Å². The van der Waals surface area contributed by atoms with Crippen LogP contribution >= 0.6 is 0 Å². The molecule has 1 fully saturated rings. The first-order valence-corrected chi connectivity index (χ1v) is 4.71. The second-order valence-corrected chi connectivity index (χ2v) is 3.48. The summed E-state index contributed by atoms with van der Waals surface area (Å²) in [6, 6.07) is 4.33. The van der Waals surface area contributed by atoms with Crippen LogP contribution in [0.15, 0.2) is 18.3 Å². The van der Waals surface area contributed by atoms with Crippen molar-refractivity contribution in [2.75, 3.05) is 5.32 Å². The number of aliphatic hydroxyl groups excluding tert-OH is 1. The van der Waals surface area contributed by atoms with Gasteiger partial charge in [-0.15, -0.1) is 0 Å². The Hall–Kier alpha value is -1.09. The van der Waals surface area contributed by atoms with Crippen molar-refractivity contribution in [2.45, 2.75) is 31.9 Å². The number of pyridine rings is 1. The maximum Gasteiger partial charge on any atom is 0.126 e. The van der Waals surface area contributed by atoms with Crippen LogP contribution in [0.5, 0.6) is 0 Å². The molecule has 2 N–H and O–H groups in total. The van der Waals surface area contributed by atoms with E-state index in [0.29, 0.717) is 6.04 Å². The highest BCUT2D eigenvalue weighted by atomic mass is 16.3. The van der Waals surface area contributed by atoms with E-state index in [1.165, 1.54) is 19.3 Å². The summed E-state index contributed by atoms with van der Waals surface area (Å²) in [6.07, 6.45) is 5.53. The summed E-state index contributed by atoms with van der Waals surface area (Å²) in [4.78, 5) is 4.19. The normalized spacial score (nSPS) is 16.7. The third-order valence-corrected chi connectivity index (χ3v) is 2.46. The number of aromatic nitrogens is 1. The summed E-state index contributed by atoms with van der Waals surface area (Å²) in [7, 11) is 0.